The number of hydrogen-bond acceptors (Lipinski definition) is 3. The summed E-state index contributed by atoms with van der Waals surface area (Å²) in [6.07, 6.45) is 8.98. The van der Waals surface area contributed by atoms with Crippen LogP contribution in [0.25, 0.3) is 0 Å². The zero-order valence-corrected chi connectivity index (χ0v) is 19.0. The Hall–Kier alpha value is -1.79. The molecular weight excluding hydrogens is 380 g/mol. The van der Waals surface area contributed by atoms with E-state index in [0.717, 1.165) is 38.5 Å². The average molecular weight is 421 g/mol. The van der Waals surface area contributed by atoms with Crippen LogP contribution in [-0.2, 0) is 9.59 Å². The maximum Gasteiger partial charge on any atom is 0.315 e. The van der Waals surface area contributed by atoms with Crippen LogP contribution in [0.1, 0.15) is 78.6 Å². The molecule has 3 fully saturated rings. The lowest BCUT2D eigenvalue weighted by molar-refractivity contribution is -0.145. The Morgan fingerprint density at radius 3 is 1.73 bits per heavy atom. The van der Waals surface area contributed by atoms with E-state index in [1.165, 1.54) is 19.3 Å². The molecule has 2 saturated heterocycles. The summed E-state index contributed by atoms with van der Waals surface area (Å²) in [5, 5.41) is 6.22. The minimum Gasteiger partial charge on any atom is -0.342 e. The van der Waals surface area contributed by atoms with E-state index in [1.54, 1.807) is 0 Å². The van der Waals surface area contributed by atoms with Gasteiger partial charge >= 0.3 is 6.03 Å². The first-order chi connectivity index (χ1) is 14.2. The van der Waals surface area contributed by atoms with Crippen LogP contribution in [0, 0.1) is 11.3 Å². The van der Waals surface area contributed by atoms with Gasteiger partial charge in [0.2, 0.25) is 11.8 Å². The molecule has 0 atom stereocenters. The fraction of sp³-hybridized carbons (Fsp3) is 0.870. The van der Waals surface area contributed by atoms with Crippen molar-refractivity contribution >= 4 is 17.8 Å². The predicted octanol–water partition coefficient (Wildman–Crippen LogP) is 2.89. The Labute approximate surface area is 181 Å². The molecule has 7 nitrogen and oxygen atoms in total. The first kappa shape index (κ1) is 22.9. The van der Waals surface area contributed by atoms with Crippen molar-refractivity contribution in [2.24, 2.45) is 11.3 Å². The van der Waals surface area contributed by atoms with Gasteiger partial charge in [0.25, 0.3) is 0 Å². The number of carbonyl (C=O) groups excluding carboxylic acids is 3. The van der Waals surface area contributed by atoms with Crippen molar-refractivity contribution in [2.75, 3.05) is 26.2 Å². The van der Waals surface area contributed by atoms with Gasteiger partial charge in [0.05, 0.1) is 0 Å². The van der Waals surface area contributed by atoms with Crippen molar-refractivity contribution in [3.63, 3.8) is 0 Å². The van der Waals surface area contributed by atoms with Crippen LogP contribution in [0.15, 0.2) is 0 Å². The molecule has 2 heterocycles. The van der Waals surface area contributed by atoms with E-state index in [0.29, 0.717) is 32.2 Å². The van der Waals surface area contributed by atoms with E-state index in [4.69, 9.17) is 0 Å². The third-order valence-electron chi connectivity index (χ3n) is 6.86. The molecule has 0 aromatic carbocycles. The number of likely N-dealkylation sites (tertiary alicyclic amines) is 2. The van der Waals surface area contributed by atoms with Gasteiger partial charge in [-0.25, -0.2) is 4.79 Å². The molecule has 7 heteroatoms. The Bertz CT molecular complexity index is 608. The van der Waals surface area contributed by atoms with Gasteiger partial charge in [-0.3, -0.25) is 9.59 Å². The van der Waals surface area contributed by atoms with Crippen molar-refractivity contribution in [2.45, 2.75) is 90.6 Å². The number of hydrogen-bond donors (Lipinski definition) is 2. The van der Waals surface area contributed by atoms with Crippen LogP contribution in [0.3, 0.4) is 0 Å². The second kappa shape index (κ2) is 10.0. The lowest BCUT2D eigenvalue weighted by Gasteiger charge is -2.39. The first-order valence-electron chi connectivity index (χ1n) is 11.9. The molecule has 2 aliphatic heterocycles. The summed E-state index contributed by atoms with van der Waals surface area (Å²) in [5.41, 5.74) is -0.366. The van der Waals surface area contributed by atoms with Crippen molar-refractivity contribution in [1.29, 1.82) is 0 Å². The fourth-order valence-corrected chi connectivity index (χ4v) is 4.97. The van der Waals surface area contributed by atoms with Crippen molar-refractivity contribution in [3.05, 3.63) is 0 Å². The van der Waals surface area contributed by atoms with Gasteiger partial charge in [0.15, 0.2) is 0 Å². The molecular formula is C23H40N4O3. The number of nitrogens with one attached hydrogen (secondary N) is 2. The van der Waals surface area contributed by atoms with Gasteiger partial charge in [-0.05, 0) is 38.5 Å². The van der Waals surface area contributed by atoms with Crippen LogP contribution in [-0.4, -0.2) is 65.9 Å². The summed E-state index contributed by atoms with van der Waals surface area (Å²) in [4.78, 5) is 41.5. The highest BCUT2D eigenvalue weighted by molar-refractivity contribution is 5.83. The third kappa shape index (κ3) is 6.11. The smallest absolute Gasteiger partial charge is 0.315 e. The maximum absolute atomic E-state index is 12.9. The summed E-state index contributed by atoms with van der Waals surface area (Å²) in [6, 6.07) is 0.405. The summed E-state index contributed by atoms with van der Waals surface area (Å²) >= 11 is 0. The highest BCUT2D eigenvalue weighted by Gasteiger charge is 2.35. The SMILES string of the molecule is CC(C)(C)C(=O)N1CCC(C(=O)N2CCC(NC(=O)NC3CCCCC3)CC2)CC1. The zero-order valence-electron chi connectivity index (χ0n) is 19.0. The number of carbonyl (C=O) groups is 3. The summed E-state index contributed by atoms with van der Waals surface area (Å²) in [7, 11) is 0. The quantitative estimate of drug-likeness (QED) is 0.737. The Morgan fingerprint density at radius 2 is 1.20 bits per heavy atom. The van der Waals surface area contributed by atoms with E-state index in [9.17, 15) is 14.4 Å². The molecule has 3 rings (SSSR count). The lowest BCUT2D eigenvalue weighted by atomic mass is 9.90. The monoisotopic (exact) mass is 420 g/mol. The van der Waals surface area contributed by atoms with Crippen LogP contribution in [0.2, 0.25) is 0 Å². The molecule has 2 N–H and O–H groups in total. The fourth-order valence-electron chi connectivity index (χ4n) is 4.97. The van der Waals surface area contributed by atoms with Crippen LogP contribution < -0.4 is 10.6 Å². The Balaban J connectivity index is 1.37. The molecule has 1 saturated carbocycles. The van der Waals surface area contributed by atoms with E-state index in [1.807, 2.05) is 30.6 Å². The van der Waals surface area contributed by atoms with E-state index < -0.39 is 0 Å². The summed E-state index contributed by atoms with van der Waals surface area (Å²) in [6.45, 7) is 8.58. The van der Waals surface area contributed by atoms with E-state index in [2.05, 4.69) is 10.6 Å². The predicted molar refractivity (Wildman–Crippen MR) is 117 cm³/mol. The van der Waals surface area contributed by atoms with Crippen molar-refractivity contribution in [1.82, 2.24) is 20.4 Å². The number of amides is 4. The van der Waals surface area contributed by atoms with Gasteiger partial charge in [0.1, 0.15) is 0 Å². The number of piperidine rings is 2. The molecule has 0 radical (unpaired) electrons. The first-order valence-corrected chi connectivity index (χ1v) is 11.9. The molecule has 0 aromatic rings. The normalized spacial score (nSPS) is 22.6. The Morgan fingerprint density at radius 1 is 0.700 bits per heavy atom. The summed E-state index contributed by atoms with van der Waals surface area (Å²) < 4.78 is 0. The highest BCUT2D eigenvalue weighted by atomic mass is 16.2. The van der Waals surface area contributed by atoms with Crippen LogP contribution in [0.4, 0.5) is 4.79 Å². The third-order valence-corrected chi connectivity index (χ3v) is 6.86. The number of rotatable bonds is 3. The van der Waals surface area contributed by atoms with Gasteiger partial charge < -0.3 is 20.4 Å². The standard InChI is InChI=1S/C23H40N4O3/c1-23(2,3)21(29)27-13-9-17(10-14-27)20(28)26-15-11-19(12-16-26)25-22(30)24-18-7-5-4-6-8-18/h17-19H,4-16H2,1-3H3,(H2,24,25,30). The lowest BCUT2D eigenvalue weighted by Crippen LogP contribution is -2.52. The molecule has 0 spiro atoms. The highest BCUT2D eigenvalue weighted by Crippen LogP contribution is 2.26. The molecule has 0 unspecified atom stereocenters. The average Bonchev–Trinajstić information content (AvgIpc) is 2.73. The van der Waals surface area contributed by atoms with Crippen LogP contribution >= 0.6 is 0 Å². The number of nitrogens with zero attached hydrogens (tertiary/aromatic N) is 2. The summed E-state index contributed by atoms with van der Waals surface area (Å²) in [5.74, 6) is 0.419. The molecule has 0 aromatic heterocycles. The van der Waals surface area contributed by atoms with Crippen molar-refractivity contribution < 1.29 is 14.4 Å². The van der Waals surface area contributed by atoms with Crippen molar-refractivity contribution in [3.8, 4) is 0 Å². The minimum atomic E-state index is -0.366. The largest absolute Gasteiger partial charge is 0.342 e. The molecule has 170 valence electrons. The van der Waals surface area contributed by atoms with Gasteiger partial charge in [-0.15, -0.1) is 0 Å². The molecule has 1 aliphatic carbocycles. The minimum absolute atomic E-state index is 0.0214. The molecule has 30 heavy (non-hydrogen) atoms. The van der Waals surface area contributed by atoms with E-state index in [-0.39, 0.29) is 35.2 Å². The van der Waals surface area contributed by atoms with E-state index >= 15 is 0 Å². The van der Waals surface area contributed by atoms with Crippen LogP contribution in [0.5, 0.6) is 0 Å². The Kier molecular flexibility index (Phi) is 7.64. The van der Waals surface area contributed by atoms with Gasteiger partial charge in [0, 0.05) is 49.6 Å². The molecule has 4 amide bonds. The molecule has 3 aliphatic rings. The van der Waals surface area contributed by atoms with Gasteiger partial charge in [-0.2, -0.15) is 0 Å². The second-order valence-corrected chi connectivity index (χ2v) is 10.4. The topological polar surface area (TPSA) is 81.8 Å². The molecule has 0 bridgehead atoms. The second-order valence-electron chi connectivity index (χ2n) is 10.4. The number of urea groups is 1. The zero-order chi connectivity index (χ0) is 21.7. The van der Waals surface area contributed by atoms with Gasteiger partial charge in [-0.1, -0.05) is 40.0 Å². The maximum atomic E-state index is 12.9.